The number of rotatable bonds is 4. The molecular weight excluding hydrogens is 286 g/mol. The first kappa shape index (κ1) is 15.7. The average molecular weight is 311 g/mol. The zero-order valence-corrected chi connectivity index (χ0v) is 14.1. The van der Waals surface area contributed by atoms with Crippen LogP contribution >= 0.6 is 0 Å². The second-order valence-corrected chi connectivity index (χ2v) is 6.88. The Morgan fingerprint density at radius 2 is 2.04 bits per heavy atom. The number of fused-ring (bicyclic) bond motifs is 1. The molecule has 0 fully saturated rings. The maximum absolute atomic E-state index is 9.79. The number of aromatic hydroxyl groups is 1. The molecule has 0 spiro atoms. The third kappa shape index (κ3) is 3.79. The maximum Gasteiger partial charge on any atom is 0.143 e. The molecule has 0 saturated heterocycles. The van der Waals surface area contributed by atoms with Crippen LogP contribution in [0.2, 0.25) is 0 Å². The van der Waals surface area contributed by atoms with E-state index in [1.807, 2.05) is 6.07 Å². The van der Waals surface area contributed by atoms with E-state index >= 15 is 0 Å². The van der Waals surface area contributed by atoms with Crippen molar-refractivity contribution in [2.45, 2.75) is 33.3 Å². The van der Waals surface area contributed by atoms with Crippen molar-refractivity contribution >= 4 is 5.69 Å². The normalized spacial score (nSPS) is 17.0. The zero-order chi connectivity index (χ0) is 16.4. The molecule has 1 atom stereocenters. The first-order valence-electron chi connectivity index (χ1n) is 8.31. The zero-order valence-electron chi connectivity index (χ0n) is 14.1. The smallest absolute Gasteiger partial charge is 0.143 e. The summed E-state index contributed by atoms with van der Waals surface area (Å²) in [4.78, 5) is 2.34. The quantitative estimate of drug-likeness (QED) is 0.920. The Labute approximate surface area is 138 Å². The lowest BCUT2D eigenvalue weighted by Gasteiger charge is -2.37. The summed E-state index contributed by atoms with van der Waals surface area (Å²) in [5.41, 5.74) is 3.59. The van der Waals surface area contributed by atoms with Crippen molar-refractivity contribution in [3.8, 4) is 11.5 Å². The summed E-state index contributed by atoms with van der Waals surface area (Å²) in [6.07, 6.45) is 1.03. The highest BCUT2D eigenvalue weighted by molar-refractivity contribution is 5.63. The molecule has 0 saturated carbocycles. The van der Waals surface area contributed by atoms with Crippen molar-refractivity contribution < 1.29 is 9.84 Å². The highest BCUT2D eigenvalue weighted by atomic mass is 16.5. The molecule has 23 heavy (non-hydrogen) atoms. The predicted octanol–water partition coefficient (Wildman–Crippen LogP) is 4.17. The van der Waals surface area contributed by atoms with Gasteiger partial charge >= 0.3 is 0 Å². The van der Waals surface area contributed by atoms with Gasteiger partial charge in [-0.05, 0) is 30.5 Å². The fraction of sp³-hybridized carbons (Fsp3) is 0.400. The Kier molecular flexibility index (Phi) is 4.46. The van der Waals surface area contributed by atoms with Gasteiger partial charge in [-0.1, -0.05) is 43.7 Å². The number of nitrogens with zero attached hydrogens (tertiary/aromatic N) is 1. The van der Waals surface area contributed by atoms with Gasteiger partial charge in [-0.2, -0.15) is 0 Å². The standard InChI is InChI=1S/C20H25NO2/c1-14(2)12-21-13-18(10-16-6-4-5-15(3)9-16)23-20-8-7-17(22)11-19(20)21/h4-9,11,14,18,22H,10,12-13H2,1-3H3. The second-order valence-electron chi connectivity index (χ2n) is 6.88. The maximum atomic E-state index is 9.79. The number of phenols is 1. The first-order valence-corrected chi connectivity index (χ1v) is 8.31. The van der Waals surface area contributed by atoms with E-state index in [0.717, 1.165) is 30.9 Å². The van der Waals surface area contributed by atoms with Crippen LogP contribution in [0, 0.1) is 12.8 Å². The van der Waals surface area contributed by atoms with Gasteiger partial charge in [0.15, 0.2) is 0 Å². The molecule has 2 aromatic carbocycles. The van der Waals surface area contributed by atoms with E-state index in [9.17, 15) is 5.11 Å². The molecule has 1 aliphatic heterocycles. The third-order valence-corrected chi connectivity index (χ3v) is 4.13. The highest BCUT2D eigenvalue weighted by Crippen LogP contribution is 2.37. The molecule has 122 valence electrons. The fourth-order valence-corrected chi connectivity index (χ4v) is 3.24. The molecule has 3 heteroatoms. The molecule has 0 amide bonds. The molecule has 1 N–H and O–H groups in total. The van der Waals surface area contributed by atoms with Crippen molar-refractivity contribution in [3.05, 3.63) is 53.6 Å². The Morgan fingerprint density at radius 3 is 2.78 bits per heavy atom. The molecule has 1 unspecified atom stereocenters. The van der Waals surface area contributed by atoms with Crippen LogP contribution in [-0.4, -0.2) is 24.3 Å². The van der Waals surface area contributed by atoms with Crippen molar-refractivity contribution in [1.82, 2.24) is 0 Å². The van der Waals surface area contributed by atoms with Crippen LogP contribution in [0.1, 0.15) is 25.0 Å². The van der Waals surface area contributed by atoms with Crippen LogP contribution in [0.5, 0.6) is 11.5 Å². The summed E-state index contributed by atoms with van der Waals surface area (Å²) in [6, 6.07) is 14.0. The van der Waals surface area contributed by atoms with E-state index in [2.05, 4.69) is 49.9 Å². The lowest BCUT2D eigenvalue weighted by Crippen LogP contribution is -2.42. The summed E-state index contributed by atoms with van der Waals surface area (Å²) in [5, 5.41) is 9.79. The molecular formula is C20H25NO2. The SMILES string of the molecule is Cc1cccc(CC2CN(CC(C)C)c3cc(O)ccc3O2)c1. The number of anilines is 1. The lowest BCUT2D eigenvalue weighted by molar-refractivity contribution is 0.192. The van der Waals surface area contributed by atoms with Crippen LogP contribution in [0.4, 0.5) is 5.69 Å². The van der Waals surface area contributed by atoms with E-state index < -0.39 is 0 Å². The Balaban J connectivity index is 1.83. The Morgan fingerprint density at radius 1 is 1.22 bits per heavy atom. The van der Waals surface area contributed by atoms with E-state index in [1.54, 1.807) is 12.1 Å². The number of hydrogen-bond acceptors (Lipinski definition) is 3. The Bertz CT molecular complexity index is 681. The lowest BCUT2D eigenvalue weighted by atomic mass is 10.0. The van der Waals surface area contributed by atoms with Crippen LogP contribution in [-0.2, 0) is 6.42 Å². The van der Waals surface area contributed by atoms with Gasteiger partial charge in [0.05, 0.1) is 12.2 Å². The monoisotopic (exact) mass is 311 g/mol. The van der Waals surface area contributed by atoms with Crippen molar-refractivity contribution in [2.24, 2.45) is 5.92 Å². The molecule has 3 rings (SSSR count). The summed E-state index contributed by atoms with van der Waals surface area (Å²) >= 11 is 0. The van der Waals surface area contributed by atoms with Crippen LogP contribution < -0.4 is 9.64 Å². The molecule has 1 aliphatic rings. The van der Waals surface area contributed by atoms with E-state index in [4.69, 9.17) is 4.74 Å². The molecule has 0 bridgehead atoms. The molecule has 1 heterocycles. The van der Waals surface area contributed by atoms with Gasteiger partial charge < -0.3 is 14.7 Å². The molecule has 0 aromatic heterocycles. The summed E-state index contributed by atoms with van der Waals surface area (Å²) in [5.74, 6) is 1.72. The summed E-state index contributed by atoms with van der Waals surface area (Å²) in [7, 11) is 0. The summed E-state index contributed by atoms with van der Waals surface area (Å²) in [6.45, 7) is 8.36. The highest BCUT2D eigenvalue weighted by Gasteiger charge is 2.26. The van der Waals surface area contributed by atoms with Crippen molar-refractivity contribution in [1.29, 1.82) is 0 Å². The van der Waals surface area contributed by atoms with Gasteiger partial charge in [-0.3, -0.25) is 0 Å². The van der Waals surface area contributed by atoms with E-state index in [0.29, 0.717) is 11.7 Å². The van der Waals surface area contributed by atoms with E-state index in [-0.39, 0.29) is 6.10 Å². The molecule has 2 aromatic rings. The third-order valence-electron chi connectivity index (χ3n) is 4.13. The van der Waals surface area contributed by atoms with Crippen LogP contribution in [0.3, 0.4) is 0 Å². The second kappa shape index (κ2) is 6.53. The minimum absolute atomic E-state index is 0.132. The van der Waals surface area contributed by atoms with E-state index in [1.165, 1.54) is 11.1 Å². The predicted molar refractivity (Wildman–Crippen MR) is 94.5 cm³/mol. The largest absolute Gasteiger partial charge is 0.508 e. The van der Waals surface area contributed by atoms with Crippen LogP contribution in [0.25, 0.3) is 0 Å². The minimum atomic E-state index is 0.132. The molecule has 3 nitrogen and oxygen atoms in total. The average Bonchev–Trinajstić information content (AvgIpc) is 2.47. The number of hydrogen-bond donors (Lipinski definition) is 1. The first-order chi connectivity index (χ1) is 11.0. The van der Waals surface area contributed by atoms with Gasteiger partial charge in [0.25, 0.3) is 0 Å². The van der Waals surface area contributed by atoms with Gasteiger partial charge in [-0.25, -0.2) is 0 Å². The number of phenolic OH excluding ortho intramolecular Hbond substituents is 1. The van der Waals surface area contributed by atoms with Gasteiger partial charge in [-0.15, -0.1) is 0 Å². The van der Waals surface area contributed by atoms with Gasteiger partial charge in [0.1, 0.15) is 17.6 Å². The van der Waals surface area contributed by atoms with Gasteiger partial charge in [0.2, 0.25) is 0 Å². The van der Waals surface area contributed by atoms with Crippen molar-refractivity contribution in [3.63, 3.8) is 0 Å². The van der Waals surface area contributed by atoms with Crippen LogP contribution in [0.15, 0.2) is 42.5 Å². The number of benzene rings is 2. The molecule has 0 radical (unpaired) electrons. The Hall–Kier alpha value is -2.16. The number of ether oxygens (including phenoxy) is 1. The molecule has 0 aliphatic carbocycles. The summed E-state index contributed by atoms with van der Waals surface area (Å²) < 4.78 is 6.19. The minimum Gasteiger partial charge on any atom is -0.508 e. The topological polar surface area (TPSA) is 32.7 Å². The fourth-order valence-electron chi connectivity index (χ4n) is 3.24. The number of aryl methyl sites for hydroxylation is 1. The van der Waals surface area contributed by atoms with Gasteiger partial charge in [0, 0.05) is 19.0 Å². The van der Waals surface area contributed by atoms with Crippen molar-refractivity contribution in [2.75, 3.05) is 18.0 Å².